The van der Waals surface area contributed by atoms with Crippen LogP contribution in [-0.4, -0.2) is 49.1 Å². The Morgan fingerprint density at radius 1 is 0.941 bits per heavy atom. The van der Waals surface area contributed by atoms with Crippen LogP contribution in [-0.2, 0) is 0 Å². The van der Waals surface area contributed by atoms with E-state index in [9.17, 15) is 0 Å². The lowest BCUT2D eigenvalue weighted by Gasteiger charge is -2.34. The molecule has 1 rings (SSSR count). The van der Waals surface area contributed by atoms with Crippen LogP contribution in [0.1, 0.15) is 52.9 Å². The Morgan fingerprint density at radius 2 is 1.53 bits per heavy atom. The van der Waals surface area contributed by atoms with Crippen LogP contribution < -0.4 is 0 Å². The molecule has 102 valence electrons. The van der Waals surface area contributed by atoms with Crippen molar-refractivity contribution in [3.05, 3.63) is 0 Å². The summed E-state index contributed by atoms with van der Waals surface area (Å²) in [6, 6.07) is 0. The third-order valence-corrected chi connectivity index (χ3v) is 3.84. The quantitative estimate of drug-likeness (QED) is 0.643. The van der Waals surface area contributed by atoms with E-state index in [0.29, 0.717) is 0 Å². The molecule has 2 heteroatoms. The van der Waals surface area contributed by atoms with Crippen LogP contribution in [0.15, 0.2) is 0 Å². The van der Waals surface area contributed by atoms with Crippen molar-refractivity contribution in [2.75, 3.05) is 39.3 Å². The fraction of sp³-hybridized carbons (Fsp3) is 1.00. The zero-order valence-corrected chi connectivity index (χ0v) is 12.2. The topological polar surface area (TPSA) is 6.48 Å². The van der Waals surface area contributed by atoms with Crippen LogP contribution >= 0.6 is 0 Å². The minimum atomic E-state index is 0.959. The summed E-state index contributed by atoms with van der Waals surface area (Å²) in [5.74, 6) is 0.959. The van der Waals surface area contributed by atoms with Crippen LogP contribution in [0.2, 0.25) is 0 Å². The minimum absolute atomic E-state index is 0.959. The van der Waals surface area contributed by atoms with Crippen LogP contribution in [0, 0.1) is 5.92 Å². The van der Waals surface area contributed by atoms with Gasteiger partial charge >= 0.3 is 0 Å². The van der Waals surface area contributed by atoms with Gasteiger partial charge in [-0.05, 0) is 70.7 Å². The molecule has 0 aromatic rings. The highest BCUT2D eigenvalue weighted by atomic mass is 15.1. The molecular formula is C15H32N2. The van der Waals surface area contributed by atoms with Crippen molar-refractivity contribution in [2.45, 2.75) is 52.9 Å². The molecule has 0 N–H and O–H groups in total. The molecule has 0 atom stereocenters. The van der Waals surface area contributed by atoms with E-state index in [-0.39, 0.29) is 0 Å². The average molecular weight is 240 g/mol. The van der Waals surface area contributed by atoms with Crippen LogP contribution in [0.3, 0.4) is 0 Å². The molecule has 1 heterocycles. The largest absolute Gasteiger partial charge is 0.303 e. The molecule has 0 amide bonds. The molecule has 0 aromatic heterocycles. The second kappa shape index (κ2) is 8.93. The number of rotatable bonds is 8. The van der Waals surface area contributed by atoms with Gasteiger partial charge in [0.2, 0.25) is 0 Å². The highest BCUT2D eigenvalue weighted by Crippen LogP contribution is 2.18. The van der Waals surface area contributed by atoms with Gasteiger partial charge in [-0.2, -0.15) is 0 Å². The lowest BCUT2D eigenvalue weighted by molar-refractivity contribution is 0.143. The second-order valence-electron chi connectivity index (χ2n) is 5.59. The summed E-state index contributed by atoms with van der Waals surface area (Å²) in [6.45, 7) is 14.8. The van der Waals surface area contributed by atoms with E-state index < -0.39 is 0 Å². The minimum Gasteiger partial charge on any atom is -0.303 e. The van der Waals surface area contributed by atoms with Crippen molar-refractivity contribution < 1.29 is 0 Å². The van der Waals surface area contributed by atoms with Crippen LogP contribution in [0.25, 0.3) is 0 Å². The molecule has 2 nitrogen and oxygen atoms in total. The molecule has 0 unspecified atom stereocenters. The highest BCUT2D eigenvalue weighted by Gasteiger charge is 2.20. The SMILES string of the molecule is CCCN1CCC(CN(CCC)CCC)CC1. The van der Waals surface area contributed by atoms with Crippen LogP contribution in [0.5, 0.6) is 0 Å². The lowest BCUT2D eigenvalue weighted by Crippen LogP contribution is -2.39. The summed E-state index contributed by atoms with van der Waals surface area (Å²) < 4.78 is 0. The maximum absolute atomic E-state index is 2.68. The molecular weight excluding hydrogens is 208 g/mol. The third kappa shape index (κ3) is 5.87. The van der Waals surface area contributed by atoms with Gasteiger partial charge in [0.25, 0.3) is 0 Å². The summed E-state index contributed by atoms with van der Waals surface area (Å²) in [5, 5.41) is 0. The van der Waals surface area contributed by atoms with Gasteiger partial charge in [0.1, 0.15) is 0 Å². The first-order valence-corrected chi connectivity index (χ1v) is 7.74. The van der Waals surface area contributed by atoms with Crippen molar-refractivity contribution in [3.63, 3.8) is 0 Å². The predicted octanol–water partition coefficient (Wildman–Crippen LogP) is 3.23. The van der Waals surface area contributed by atoms with E-state index in [1.165, 1.54) is 71.4 Å². The van der Waals surface area contributed by atoms with Gasteiger partial charge in [-0.1, -0.05) is 20.8 Å². The fourth-order valence-electron chi connectivity index (χ4n) is 3.00. The fourth-order valence-corrected chi connectivity index (χ4v) is 3.00. The molecule has 1 aliphatic heterocycles. The zero-order chi connectivity index (χ0) is 12.5. The molecule has 0 radical (unpaired) electrons. The first-order valence-electron chi connectivity index (χ1n) is 7.74. The van der Waals surface area contributed by atoms with Crippen molar-refractivity contribution >= 4 is 0 Å². The normalized spacial score (nSPS) is 19.1. The molecule has 1 fully saturated rings. The Kier molecular flexibility index (Phi) is 7.87. The Balaban J connectivity index is 2.22. The molecule has 1 aliphatic rings. The standard InChI is InChI=1S/C15H32N2/c1-4-9-16-12-7-15(8-13-16)14-17(10-5-2)11-6-3/h15H,4-14H2,1-3H3. The van der Waals surface area contributed by atoms with E-state index >= 15 is 0 Å². The molecule has 0 aliphatic carbocycles. The van der Waals surface area contributed by atoms with Crippen molar-refractivity contribution in [1.82, 2.24) is 9.80 Å². The summed E-state index contributed by atoms with van der Waals surface area (Å²) in [5.41, 5.74) is 0. The van der Waals surface area contributed by atoms with Gasteiger partial charge in [0.15, 0.2) is 0 Å². The van der Waals surface area contributed by atoms with Gasteiger partial charge in [0.05, 0.1) is 0 Å². The molecule has 17 heavy (non-hydrogen) atoms. The molecule has 0 saturated carbocycles. The number of hydrogen-bond acceptors (Lipinski definition) is 2. The van der Waals surface area contributed by atoms with E-state index in [4.69, 9.17) is 0 Å². The monoisotopic (exact) mass is 240 g/mol. The smallest absolute Gasteiger partial charge is 0.00106 e. The van der Waals surface area contributed by atoms with Gasteiger partial charge in [-0.3, -0.25) is 0 Å². The first kappa shape index (κ1) is 15.0. The summed E-state index contributed by atoms with van der Waals surface area (Å²) >= 11 is 0. The second-order valence-corrected chi connectivity index (χ2v) is 5.59. The van der Waals surface area contributed by atoms with Crippen molar-refractivity contribution in [3.8, 4) is 0 Å². The van der Waals surface area contributed by atoms with Gasteiger partial charge in [-0.15, -0.1) is 0 Å². The van der Waals surface area contributed by atoms with Crippen molar-refractivity contribution in [1.29, 1.82) is 0 Å². The predicted molar refractivity (Wildman–Crippen MR) is 76.5 cm³/mol. The lowest BCUT2D eigenvalue weighted by atomic mass is 9.96. The Morgan fingerprint density at radius 3 is 2.00 bits per heavy atom. The van der Waals surface area contributed by atoms with Crippen LogP contribution in [0.4, 0.5) is 0 Å². The number of piperidine rings is 1. The van der Waals surface area contributed by atoms with Gasteiger partial charge < -0.3 is 9.80 Å². The highest BCUT2D eigenvalue weighted by molar-refractivity contribution is 4.75. The van der Waals surface area contributed by atoms with E-state index in [1.54, 1.807) is 0 Å². The molecule has 0 bridgehead atoms. The molecule has 0 spiro atoms. The summed E-state index contributed by atoms with van der Waals surface area (Å²) in [6.07, 6.45) is 6.75. The number of nitrogens with zero attached hydrogens (tertiary/aromatic N) is 2. The Hall–Kier alpha value is -0.0800. The first-order chi connectivity index (χ1) is 8.30. The maximum Gasteiger partial charge on any atom is 0.00106 e. The summed E-state index contributed by atoms with van der Waals surface area (Å²) in [4.78, 5) is 5.32. The molecule has 0 aromatic carbocycles. The summed E-state index contributed by atoms with van der Waals surface area (Å²) in [7, 11) is 0. The third-order valence-electron chi connectivity index (χ3n) is 3.84. The Labute approximate surface area is 108 Å². The average Bonchev–Trinajstić information content (AvgIpc) is 2.33. The zero-order valence-electron chi connectivity index (χ0n) is 12.2. The Bertz CT molecular complexity index is 168. The van der Waals surface area contributed by atoms with E-state index in [0.717, 1.165) is 5.92 Å². The van der Waals surface area contributed by atoms with Crippen molar-refractivity contribution in [2.24, 2.45) is 5.92 Å². The number of hydrogen-bond donors (Lipinski definition) is 0. The van der Waals surface area contributed by atoms with Gasteiger partial charge in [-0.25, -0.2) is 0 Å². The van der Waals surface area contributed by atoms with Gasteiger partial charge in [0, 0.05) is 6.54 Å². The number of likely N-dealkylation sites (tertiary alicyclic amines) is 1. The van der Waals surface area contributed by atoms with E-state index in [1.807, 2.05) is 0 Å². The maximum atomic E-state index is 2.68. The van der Waals surface area contributed by atoms with E-state index in [2.05, 4.69) is 30.6 Å². The molecule has 1 saturated heterocycles.